The first-order chi connectivity index (χ1) is 20.9. The molecular weight excluding hydrogens is 573 g/mol. The average molecular weight is 633 g/mol. The third kappa shape index (κ3) is 8.59. The molecular formula is C40H60O4Si. The van der Waals surface area contributed by atoms with Gasteiger partial charge in [0.05, 0.1) is 19.6 Å². The number of rotatable bonds is 13. The Morgan fingerprint density at radius 3 is 1.96 bits per heavy atom. The Balaban J connectivity index is 1.85. The van der Waals surface area contributed by atoms with Crippen LogP contribution in [0, 0.1) is 19.3 Å². The fraction of sp³-hybridized carbons (Fsp3) is 0.575. The Kier molecular flexibility index (Phi) is 11.8. The minimum absolute atomic E-state index is 0.0686. The highest BCUT2D eigenvalue weighted by Crippen LogP contribution is 2.43. The summed E-state index contributed by atoms with van der Waals surface area (Å²) < 4.78 is 17.9. The van der Waals surface area contributed by atoms with Gasteiger partial charge in [-0.1, -0.05) is 91.8 Å². The predicted octanol–water partition coefficient (Wildman–Crippen LogP) is 11.1. The van der Waals surface area contributed by atoms with Crippen LogP contribution in [0.5, 0.6) is 0 Å². The van der Waals surface area contributed by atoms with Crippen molar-refractivity contribution in [1.29, 1.82) is 0 Å². The quantitative estimate of drug-likeness (QED) is 0.139. The molecule has 0 aliphatic heterocycles. The second kappa shape index (κ2) is 14.4. The van der Waals surface area contributed by atoms with E-state index in [0.717, 1.165) is 42.8 Å². The van der Waals surface area contributed by atoms with Gasteiger partial charge in [-0.2, -0.15) is 0 Å². The van der Waals surface area contributed by atoms with Crippen molar-refractivity contribution in [1.82, 2.24) is 0 Å². The maximum absolute atomic E-state index is 11.6. The number of benzene rings is 2. The summed E-state index contributed by atoms with van der Waals surface area (Å²) in [5, 5.41) is 0.195. The summed E-state index contributed by atoms with van der Waals surface area (Å²) in [4.78, 5) is 11.6. The fourth-order valence-corrected chi connectivity index (χ4v) is 7.75. The first-order valence-corrected chi connectivity index (χ1v) is 19.8. The van der Waals surface area contributed by atoms with Crippen molar-refractivity contribution in [2.45, 2.75) is 137 Å². The summed E-state index contributed by atoms with van der Waals surface area (Å²) in [7, 11) is -0.457. The van der Waals surface area contributed by atoms with Crippen LogP contribution in [0.15, 0.2) is 52.9 Å². The second-order valence-corrected chi connectivity index (χ2v) is 20.3. The lowest BCUT2D eigenvalue weighted by Crippen LogP contribution is -2.47. The molecule has 1 unspecified atom stereocenters. The van der Waals surface area contributed by atoms with Crippen molar-refractivity contribution >= 4 is 14.3 Å². The van der Waals surface area contributed by atoms with Crippen molar-refractivity contribution in [3.8, 4) is 11.3 Å². The maximum Gasteiger partial charge on any atom is 0.305 e. The minimum atomic E-state index is -1.87. The van der Waals surface area contributed by atoms with Crippen molar-refractivity contribution in [3.05, 3.63) is 82.1 Å². The highest BCUT2D eigenvalue weighted by Gasteiger charge is 2.41. The molecule has 5 heteroatoms. The van der Waals surface area contributed by atoms with Crippen LogP contribution in [-0.4, -0.2) is 27.5 Å². The number of carbonyl (C=O) groups is 1. The van der Waals surface area contributed by atoms with Gasteiger partial charge in [0.25, 0.3) is 0 Å². The molecule has 3 aromatic rings. The summed E-state index contributed by atoms with van der Waals surface area (Å²) in [6, 6.07) is 18.0. The van der Waals surface area contributed by atoms with Crippen LogP contribution in [0.1, 0.15) is 115 Å². The van der Waals surface area contributed by atoms with Gasteiger partial charge in [-0.15, -0.1) is 0 Å². The monoisotopic (exact) mass is 632 g/mol. The Hall–Kier alpha value is -2.63. The molecule has 2 aromatic carbocycles. The number of ether oxygens (including phenoxy) is 1. The molecule has 0 aliphatic carbocycles. The van der Waals surface area contributed by atoms with Gasteiger partial charge < -0.3 is 13.6 Å². The van der Waals surface area contributed by atoms with Gasteiger partial charge in [0.1, 0.15) is 11.5 Å². The molecule has 45 heavy (non-hydrogen) atoms. The Morgan fingerprint density at radius 1 is 0.844 bits per heavy atom. The second-order valence-electron chi connectivity index (χ2n) is 15.6. The summed E-state index contributed by atoms with van der Waals surface area (Å²) in [6.07, 6.45) is 5.17. The van der Waals surface area contributed by atoms with Gasteiger partial charge >= 0.3 is 5.97 Å². The van der Waals surface area contributed by atoms with Crippen molar-refractivity contribution in [2.75, 3.05) is 7.11 Å². The molecule has 4 nitrogen and oxygen atoms in total. The highest BCUT2D eigenvalue weighted by atomic mass is 28.4. The number of methoxy groups -OCH3 is 1. The molecule has 0 bridgehead atoms. The zero-order valence-corrected chi connectivity index (χ0v) is 31.6. The lowest BCUT2D eigenvalue weighted by atomic mass is 9.69. The van der Waals surface area contributed by atoms with Crippen LogP contribution < -0.4 is 0 Å². The van der Waals surface area contributed by atoms with E-state index in [2.05, 4.69) is 119 Å². The largest absolute Gasteiger partial charge is 0.469 e. The number of aryl methyl sites for hydroxylation is 4. The van der Waals surface area contributed by atoms with Gasteiger partial charge in [-0.3, -0.25) is 4.79 Å². The Labute approximate surface area is 275 Å². The van der Waals surface area contributed by atoms with Gasteiger partial charge in [-0.05, 0) is 103 Å². The number of furan rings is 1. The highest BCUT2D eigenvalue weighted by molar-refractivity contribution is 6.74. The predicted molar refractivity (Wildman–Crippen MR) is 192 cm³/mol. The van der Waals surface area contributed by atoms with E-state index in [4.69, 9.17) is 13.6 Å². The minimum Gasteiger partial charge on any atom is -0.469 e. The van der Waals surface area contributed by atoms with Crippen LogP contribution in [0.25, 0.3) is 11.3 Å². The van der Waals surface area contributed by atoms with E-state index in [0.29, 0.717) is 12.8 Å². The van der Waals surface area contributed by atoms with Crippen LogP contribution in [-0.2, 0) is 32.2 Å². The van der Waals surface area contributed by atoms with Crippen molar-refractivity contribution in [2.24, 2.45) is 5.41 Å². The molecule has 3 rings (SSSR count). The summed E-state index contributed by atoms with van der Waals surface area (Å²) in [5.41, 5.74) is 7.80. The van der Waals surface area contributed by atoms with Gasteiger partial charge in [0.2, 0.25) is 0 Å². The molecule has 0 spiro atoms. The maximum atomic E-state index is 11.6. The molecule has 1 atom stereocenters. The van der Waals surface area contributed by atoms with Crippen LogP contribution in [0.3, 0.4) is 0 Å². The van der Waals surface area contributed by atoms with Gasteiger partial charge in [0.15, 0.2) is 8.32 Å². The molecule has 0 amide bonds. The zero-order chi connectivity index (χ0) is 33.8. The van der Waals surface area contributed by atoms with E-state index in [1.807, 2.05) is 12.1 Å². The van der Waals surface area contributed by atoms with Crippen LogP contribution in [0.2, 0.25) is 18.1 Å². The summed E-state index contributed by atoms with van der Waals surface area (Å²) >= 11 is 0. The van der Waals surface area contributed by atoms with E-state index >= 15 is 0 Å². The molecule has 0 saturated heterocycles. The van der Waals surface area contributed by atoms with Crippen molar-refractivity contribution in [3.63, 3.8) is 0 Å². The van der Waals surface area contributed by atoms with Crippen molar-refractivity contribution < 1.29 is 18.4 Å². The van der Waals surface area contributed by atoms with E-state index in [9.17, 15) is 4.79 Å². The van der Waals surface area contributed by atoms with Gasteiger partial charge in [-0.25, -0.2) is 0 Å². The molecule has 1 heterocycles. The molecule has 1 aromatic heterocycles. The van der Waals surface area contributed by atoms with Gasteiger partial charge in [0, 0.05) is 17.4 Å². The topological polar surface area (TPSA) is 48.7 Å². The first-order valence-electron chi connectivity index (χ1n) is 16.9. The third-order valence-electron chi connectivity index (χ3n) is 10.5. The fourth-order valence-electron chi connectivity index (χ4n) is 6.22. The number of esters is 1. The smallest absolute Gasteiger partial charge is 0.305 e. The molecule has 0 aliphatic rings. The first kappa shape index (κ1) is 36.8. The van der Waals surface area contributed by atoms with E-state index < -0.39 is 8.32 Å². The van der Waals surface area contributed by atoms with Crippen LogP contribution in [0.4, 0.5) is 0 Å². The number of hydrogen-bond acceptors (Lipinski definition) is 4. The number of hydrogen-bond donors (Lipinski definition) is 0. The molecule has 0 radical (unpaired) electrons. The molecule has 0 fully saturated rings. The van der Waals surface area contributed by atoms with E-state index in [1.54, 1.807) is 0 Å². The third-order valence-corrected chi connectivity index (χ3v) is 15.0. The molecule has 0 N–H and O–H groups in total. The Morgan fingerprint density at radius 2 is 1.44 bits per heavy atom. The number of carbonyl (C=O) groups excluding carboxylic acids is 1. The molecule has 0 saturated carbocycles. The van der Waals surface area contributed by atoms with E-state index in [-0.39, 0.29) is 27.9 Å². The SMILES string of the molecule is CCC(CC)(c1ccc(CCC(O[Si](C)(C)C(C)(C)C)C(C)(C)C)c(C)c1)c1ccc(-c2ccc(CCC(=O)OC)o2)c(C)c1. The lowest BCUT2D eigenvalue weighted by molar-refractivity contribution is -0.140. The van der Waals surface area contributed by atoms with E-state index in [1.165, 1.54) is 34.9 Å². The molecule has 248 valence electrons. The standard InChI is InChI=1S/C40H60O4Si/c1-14-40(15-2,32-19-22-34(29(4)27-32)35-23-20-33(43-35)21-25-37(41)42-11)31-18-16-30(28(3)26-31)17-24-36(38(5,6)7)44-45(12,13)39(8,9)10/h16,18-20,22-23,26-27,36H,14-15,17,21,24-25H2,1-13H3. The Bertz CT molecular complexity index is 1430. The normalized spacial score (nSPS) is 13.6. The van der Waals surface area contributed by atoms with Crippen LogP contribution >= 0.6 is 0 Å². The summed E-state index contributed by atoms with van der Waals surface area (Å²) in [6.45, 7) is 27.7. The summed E-state index contributed by atoms with van der Waals surface area (Å²) in [5.74, 6) is 1.41. The zero-order valence-electron chi connectivity index (χ0n) is 30.6. The lowest BCUT2D eigenvalue weighted by Gasteiger charge is -2.43. The average Bonchev–Trinajstić information content (AvgIpc) is 3.43.